The van der Waals surface area contributed by atoms with Crippen LogP contribution in [0.2, 0.25) is 0 Å². The predicted molar refractivity (Wildman–Crippen MR) is 191 cm³/mol. The summed E-state index contributed by atoms with van der Waals surface area (Å²) in [6, 6.07) is 0.970. The number of rotatable bonds is 0. The fourth-order valence-electron chi connectivity index (χ4n) is 19.2. The zero-order valence-corrected chi connectivity index (χ0v) is 30.9. The van der Waals surface area contributed by atoms with Gasteiger partial charge in [0.15, 0.2) is 0 Å². The number of aliphatic hydroxyl groups is 6. The van der Waals surface area contributed by atoms with Crippen molar-refractivity contribution < 1.29 is 40.2 Å². The van der Waals surface area contributed by atoms with Gasteiger partial charge in [0.05, 0.1) is 36.6 Å². The van der Waals surface area contributed by atoms with Gasteiger partial charge in [-0.1, -0.05) is 0 Å². The van der Waals surface area contributed by atoms with Crippen molar-refractivity contribution in [1.29, 1.82) is 0 Å². The summed E-state index contributed by atoms with van der Waals surface area (Å²) >= 11 is 0. The molecular formula is C42H60N4O8. The average molecular weight is 749 g/mol. The molecule has 30 atom stereocenters. The maximum absolute atomic E-state index is 13.4. The van der Waals surface area contributed by atoms with E-state index in [1.807, 2.05) is 0 Å². The summed E-state index contributed by atoms with van der Waals surface area (Å²) in [7, 11) is 0. The van der Waals surface area contributed by atoms with Crippen LogP contribution in [0, 0.1) is 94.7 Å². The van der Waals surface area contributed by atoms with Crippen LogP contribution in [0.4, 0.5) is 0 Å². The van der Waals surface area contributed by atoms with Crippen LogP contribution in [0.1, 0.15) is 64.2 Å². The fraction of sp³-hybridized carbons (Fsp3) is 0.952. The SMILES string of the molecule is O=C1C(=O)C2CC1C1C3CC4NC(CC5NC(CC6NC(CC(N3)C21)C1C2CC(C(O)C2O)C61)C1C2CCC(C(O)C2O)C51)C1C2CCC(C(O)C2O)C41. The van der Waals surface area contributed by atoms with E-state index >= 15 is 0 Å². The van der Waals surface area contributed by atoms with Gasteiger partial charge in [0.25, 0.3) is 0 Å². The molecule has 12 heteroatoms. The van der Waals surface area contributed by atoms with E-state index in [0.717, 1.165) is 57.8 Å². The van der Waals surface area contributed by atoms with E-state index in [2.05, 4.69) is 21.3 Å². The first-order valence-electron chi connectivity index (χ1n) is 22.3. The van der Waals surface area contributed by atoms with Gasteiger partial charge in [0.1, 0.15) is 0 Å². The minimum Gasteiger partial charge on any atom is -0.390 e. The highest BCUT2D eigenvalue weighted by atomic mass is 16.3. The van der Waals surface area contributed by atoms with E-state index < -0.39 is 36.6 Å². The van der Waals surface area contributed by atoms with Crippen molar-refractivity contribution in [2.24, 2.45) is 94.7 Å². The van der Waals surface area contributed by atoms with Crippen LogP contribution < -0.4 is 21.3 Å². The van der Waals surface area contributed by atoms with E-state index in [-0.39, 0.29) is 155 Å². The molecule has 54 heavy (non-hydrogen) atoms. The average Bonchev–Trinajstić information content (AvgIpc) is 4.03. The molecule has 5 aliphatic heterocycles. The van der Waals surface area contributed by atoms with Gasteiger partial charge in [-0.05, 0) is 147 Å². The lowest BCUT2D eigenvalue weighted by Crippen LogP contribution is -2.60. The van der Waals surface area contributed by atoms with E-state index in [1.54, 1.807) is 0 Å². The van der Waals surface area contributed by atoms with E-state index in [9.17, 15) is 40.2 Å². The molecule has 12 nitrogen and oxygen atoms in total. The number of Topliss-reactive ketones (excluding diaryl/α,β-unsaturated/α-hetero) is 2. The van der Waals surface area contributed by atoms with Gasteiger partial charge in [-0.25, -0.2) is 0 Å². The predicted octanol–water partition coefficient (Wildman–Crippen LogP) is -1.47. The summed E-state index contributed by atoms with van der Waals surface area (Å²) < 4.78 is 0. The number of aliphatic hydroxyl groups excluding tert-OH is 6. The van der Waals surface area contributed by atoms with Crippen LogP contribution in [0.25, 0.3) is 0 Å². The highest BCUT2D eigenvalue weighted by Gasteiger charge is 2.70. The van der Waals surface area contributed by atoms with Crippen LogP contribution in [0.5, 0.6) is 0 Å². The lowest BCUT2D eigenvalue weighted by atomic mass is 9.52. The second-order valence-corrected chi connectivity index (χ2v) is 21.6. The molecule has 15 rings (SSSR count). The number of carbonyl (C=O) groups excluding carboxylic acids is 2. The van der Waals surface area contributed by atoms with Gasteiger partial charge in [0, 0.05) is 60.2 Å². The number of fused-ring (bicyclic) bond motifs is 26. The van der Waals surface area contributed by atoms with Crippen LogP contribution in [0.15, 0.2) is 0 Å². The first kappa shape index (κ1) is 33.9. The molecule has 0 aromatic heterocycles. The summed E-state index contributed by atoms with van der Waals surface area (Å²) in [5.41, 5.74) is 0. The maximum Gasteiger partial charge on any atom is 0.202 e. The van der Waals surface area contributed by atoms with E-state index in [4.69, 9.17) is 0 Å². The smallest absolute Gasteiger partial charge is 0.202 e. The highest BCUT2D eigenvalue weighted by Crippen LogP contribution is 2.63. The molecule has 0 aromatic carbocycles. The number of hydrogen-bond acceptors (Lipinski definition) is 12. The van der Waals surface area contributed by atoms with Gasteiger partial charge >= 0.3 is 0 Å². The second kappa shape index (κ2) is 11.4. The summed E-state index contributed by atoms with van der Waals surface area (Å²) in [5, 5.41) is 85.2. The second-order valence-electron chi connectivity index (χ2n) is 21.6. The molecule has 10 N–H and O–H groups in total. The van der Waals surface area contributed by atoms with Crippen molar-refractivity contribution in [2.75, 3.05) is 0 Å². The third-order valence-electron chi connectivity index (χ3n) is 20.5. The lowest BCUT2D eigenvalue weighted by molar-refractivity contribution is -0.163. The molecule has 15 fully saturated rings. The van der Waals surface area contributed by atoms with Crippen molar-refractivity contribution >= 4 is 11.6 Å². The van der Waals surface area contributed by atoms with Crippen molar-refractivity contribution in [3.8, 4) is 0 Å². The van der Waals surface area contributed by atoms with Crippen LogP contribution in [-0.2, 0) is 9.59 Å². The molecular weight excluding hydrogens is 688 g/mol. The monoisotopic (exact) mass is 748 g/mol. The third kappa shape index (κ3) is 4.06. The Hall–Kier alpha value is -1.06. The molecule has 0 spiro atoms. The standard InChI is InChI=1S/C42H60N4O8/c47-35-11-1-3-13(37(35)49)29-21-8-23-31-15-5-17(41(53)39(15)51)33(31)25(45-23)10-26-34-18-6-16(40(52)42(18)54)32(34)24(46-26)9-22-30-14-4-2-12(36(48)38(14)50)28(30)20(44-22)7-19(43-21)27(11)29/h11-39,41,43-51,53H,1-10H2. The van der Waals surface area contributed by atoms with Crippen molar-refractivity contribution in [1.82, 2.24) is 21.3 Å². The largest absolute Gasteiger partial charge is 0.390 e. The topological polar surface area (TPSA) is 204 Å². The number of hydrogen-bond donors (Lipinski definition) is 10. The minimum absolute atomic E-state index is 0.0203. The molecule has 16 bridgehead atoms. The van der Waals surface area contributed by atoms with Crippen LogP contribution in [-0.4, -0.2) is 127 Å². The summed E-state index contributed by atoms with van der Waals surface area (Å²) in [5.74, 6) is 1.06. The van der Waals surface area contributed by atoms with Gasteiger partial charge in [0.2, 0.25) is 11.6 Å². The van der Waals surface area contributed by atoms with Crippen molar-refractivity contribution in [3.63, 3.8) is 0 Å². The zero-order chi connectivity index (χ0) is 36.4. The molecule has 10 aliphatic carbocycles. The van der Waals surface area contributed by atoms with Crippen LogP contribution in [0.3, 0.4) is 0 Å². The summed E-state index contributed by atoms with van der Waals surface area (Å²) in [6.07, 6.45) is 4.32. The highest BCUT2D eigenvalue weighted by molar-refractivity contribution is 6.41. The maximum atomic E-state index is 13.4. The molecule has 5 heterocycles. The summed E-state index contributed by atoms with van der Waals surface area (Å²) in [6.45, 7) is 0. The van der Waals surface area contributed by atoms with Gasteiger partial charge in [-0.15, -0.1) is 0 Å². The van der Waals surface area contributed by atoms with Crippen molar-refractivity contribution in [3.05, 3.63) is 0 Å². The number of ketones is 2. The molecule has 5 saturated heterocycles. The van der Waals surface area contributed by atoms with Gasteiger partial charge in [-0.2, -0.15) is 0 Å². The molecule has 296 valence electrons. The Morgan fingerprint density at radius 3 is 0.852 bits per heavy atom. The Morgan fingerprint density at radius 2 is 0.556 bits per heavy atom. The molecule has 10 saturated carbocycles. The molecule has 0 aromatic rings. The van der Waals surface area contributed by atoms with Gasteiger partial charge in [-0.3, -0.25) is 9.59 Å². The Labute approximate surface area is 316 Å². The Balaban J connectivity index is 0.919. The molecule has 30 unspecified atom stereocenters. The minimum atomic E-state index is -0.727. The Bertz CT molecular complexity index is 1640. The number of nitrogens with one attached hydrogen (secondary N) is 4. The molecule has 0 amide bonds. The van der Waals surface area contributed by atoms with Crippen molar-refractivity contribution in [2.45, 2.75) is 149 Å². The Morgan fingerprint density at radius 1 is 0.315 bits per heavy atom. The first-order valence-corrected chi connectivity index (χ1v) is 22.3. The van der Waals surface area contributed by atoms with Gasteiger partial charge < -0.3 is 51.9 Å². The van der Waals surface area contributed by atoms with Crippen LogP contribution >= 0.6 is 0 Å². The normalized spacial score (nSPS) is 68.0. The summed E-state index contributed by atoms with van der Waals surface area (Å²) in [4.78, 5) is 26.8. The number of carbonyl (C=O) groups is 2. The lowest BCUT2D eigenvalue weighted by Gasteiger charge is -2.54. The first-order chi connectivity index (χ1) is 26.1. The molecule has 0 radical (unpaired) electrons. The Kier molecular flexibility index (Phi) is 7.12. The zero-order valence-electron chi connectivity index (χ0n) is 30.9. The van der Waals surface area contributed by atoms with E-state index in [0.29, 0.717) is 6.42 Å². The van der Waals surface area contributed by atoms with E-state index in [1.165, 1.54) is 0 Å². The molecule has 15 aliphatic rings. The third-order valence-corrected chi connectivity index (χ3v) is 20.5. The fourth-order valence-corrected chi connectivity index (χ4v) is 19.2. The quantitative estimate of drug-likeness (QED) is 0.129.